The zero-order valence-corrected chi connectivity index (χ0v) is 8.88. The number of benzene rings is 1. The standard InChI is InChI=1S/C12H13F3O/c1-11(5-6-11)10(16)8-3-2-4-9(7-8)12(13,14)15/h2-4,7,10,16H,5-6H2,1H3. The van der Waals surface area contributed by atoms with Crippen LogP contribution in [0, 0.1) is 5.41 Å². The first-order chi connectivity index (χ1) is 7.33. The second-order valence-electron chi connectivity index (χ2n) is 4.68. The summed E-state index contributed by atoms with van der Waals surface area (Å²) in [4.78, 5) is 0. The van der Waals surface area contributed by atoms with E-state index in [1.54, 1.807) is 6.07 Å². The molecule has 0 aromatic heterocycles. The highest BCUT2D eigenvalue weighted by Gasteiger charge is 2.45. The minimum Gasteiger partial charge on any atom is -0.388 e. The molecule has 1 aromatic rings. The van der Waals surface area contributed by atoms with Crippen molar-refractivity contribution in [2.75, 3.05) is 0 Å². The highest BCUT2D eigenvalue weighted by molar-refractivity contribution is 5.29. The number of hydrogen-bond acceptors (Lipinski definition) is 1. The summed E-state index contributed by atoms with van der Waals surface area (Å²) in [5.41, 5.74) is -0.576. The van der Waals surface area contributed by atoms with Gasteiger partial charge < -0.3 is 5.11 Å². The molecule has 1 saturated carbocycles. The van der Waals surface area contributed by atoms with E-state index < -0.39 is 17.8 Å². The molecule has 1 aliphatic rings. The van der Waals surface area contributed by atoms with Crippen LogP contribution in [0.4, 0.5) is 13.2 Å². The molecule has 0 heterocycles. The van der Waals surface area contributed by atoms with Gasteiger partial charge in [0, 0.05) is 0 Å². The first kappa shape index (κ1) is 11.5. The SMILES string of the molecule is CC1(C(O)c2cccc(C(F)(F)F)c2)CC1. The lowest BCUT2D eigenvalue weighted by Crippen LogP contribution is -2.12. The maximum absolute atomic E-state index is 12.5. The Bertz CT molecular complexity index is 393. The van der Waals surface area contributed by atoms with E-state index in [1.807, 2.05) is 6.92 Å². The van der Waals surface area contributed by atoms with Crippen molar-refractivity contribution in [1.29, 1.82) is 0 Å². The molecule has 0 bridgehead atoms. The zero-order chi connectivity index (χ0) is 12.0. The van der Waals surface area contributed by atoms with Crippen LogP contribution in [0.15, 0.2) is 24.3 Å². The summed E-state index contributed by atoms with van der Waals surface area (Å²) < 4.78 is 37.4. The van der Waals surface area contributed by atoms with Gasteiger partial charge in [0.25, 0.3) is 0 Å². The molecule has 1 nitrogen and oxygen atoms in total. The monoisotopic (exact) mass is 230 g/mol. The Morgan fingerprint density at radius 3 is 2.44 bits per heavy atom. The summed E-state index contributed by atoms with van der Waals surface area (Å²) in [6.45, 7) is 1.89. The molecule has 1 atom stereocenters. The maximum atomic E-state index is 12.5. The molecular weight excluding hydrogens is 217 g/mol. The molecule has 1 aliphatic carbocycles. The summed E-state index contributed by atoms with van der Waals surface area (Å²) in [6.07, 6.45) is -3.41. The molecule has 0 saturated heterocycles. The highest BCUT2D eigenvalue weighted by atomic mass is 19.4. The van der Waals surface area contributed by atoms with E-state index in [-0.39, 0.29) is 5.41 Å². The van der Waals surface area contributed by atoms with E-state index in [2.05, 4.69) is 0 Å². The number of alkyl halides is 3. The first-order valence-corrected chi connectivity index (χ1v) is 5.18. The van der Waals surface area contributed by atoms with E-state index in [9.17, 15) is 18.3 Å². The largest absolute Gasteiger partial charge is 0.416 e. The number of aliphatic hydroxyl groups excluding tert-OH is 1. The highest BCUT2D eigenvalue weighted by Crippen LogP contribution is 2.54. The second kappa shape index (κ2) is 3.48. The molecule has 1 unspecified atom stereocenters. The molecule has 16 heavy (non-hydrogen) atoms. The summed E-state index contributed by atoms with van der Waals surface area (Å²) in [5.74, 6) is 0. The molecule has 1 fully saturated rings. The molecule has 0 radical (unpaired) electrons. The van der Waals surface area contributed by atoms with Crippen molar-refractivity contribution in [2.45, 2.75) is 32.0 Å². The van der Waals surface area contributed by atoms with E-state index in [1.165, 1.54) is 6.07 Å². The van der Waals surface area contributed by atoms with Gasteiger partial charge in [-0.3, -0.25) is 0 Å². The molecular formula is C12H13F3O. The summed E-state index contributed by atoms with van der Waals surface area (Å²) >= 11 is 0. The molecule has 2 rings (SSSR count). The van der Waals surface area contributed by atoms with E-state index in [0.717, 1.165) is 25.0 Å². The van der Waals surface area contributed by atoms with Gasteiger partial charge >= 0.3 is 6.18 Å². The third-order valence-corrected chi connectivity index (χ3v) is 3.23. The Hall–Kier alpha value is -1.03. The summed E-state index contributed by atoms with van der Waals surface area (Å²) in [5, 5.41) is 9.94. The van der Waals surface area contributed by atoms with Crippen molar-refractivity contribution >= 4 is 0 Å². The third-order valence-electron chi connectivity index (χ3n) is 3.23. The number of rotatable bonds is 2. The van der Waals surface area contributed by atoms with Crippen LogP contribution in [0.3, 0.4) is 0 Å². The number of hydrogen-bond donors (Lipinski definition) is 1. The Balaban J connectivity index is 2.29. The van der Waals surface area contributed by atoms with Crippen LogP contribution in [-0.4, -0.2) is 5.11 Å². The van der Waals surface area contributed by atoms with Crippen LogP contribution in [0.1, 0.15) is 37.0 Å². The van der Waals surface area contributed by atoms with Crippen LogP contribution in [-0.2, 0) is 6.18 Å². The van der Waals surface area contributed by atoms with Crippen LogP contribution < -0.4 is 0 Å². The summed E-state index contributed by atoms with van der Waals surface area (Å²) in [7, 11) is 0. The van der Waals surface area contributed by atoms with E-state index in [0.29, 0.717) is 5.56 Å². The van der Waals surface area contributed by atoms with Gasteiger partial charge in [0.2, 0.25) is 0 Å². The molecule has 1 aromatic carbocycles. The molecule has 0 spiro atoms. The average Bonchev–Trinajstić information content (AvgIpc) is 2.96. The molecule has 4 heteroatoms. The van der Waals surface area contributed by atoms with Gasteiger partial charge in [-0.1, -0.05) is 19.1 Å². The molecule has 88 valence electrons. The number of halogens is 3. The maximum Gasteiger partial charge on any atom is 0.416 e. The van der Waals surface area contributed by atoms with Crippen molar-refractivity contribution in [1.82, 2.24) is 0 Å². The molecule has 0 aliphatic heterocycles. The van der Waals surface area contributed by atoms with E-state index in [4.69, 9.17) is 0 Å². The Labute approximate surface area is 91.9 Å². The normalized spacial score (nSPS) is 20.6. The molecule has 0 amide bonds. The molecule has 1 N–H and O–H groups in total. The second-order valence-corrected chi connectivity index (χ2v) is 4.68. The number of aliphatic hydroxyl groups is 1. The van der Waals surface area contributed by atoms with Gasteiger partial charge in [0.05, 0.1) is 11.7 Å². The van der Waals surface area contributed by atoms with Gasteiger partial charge in [-0.2, -0.15) is 13.2 Å². The predicted molar refractivity (Wildman–Crippen MR) is 53.7 cm³/mol. The zero-order valence-electron chi connectivity index (χ0n) is 8.88. The van der Waals surface area contributed by atoms with Gasteiger partial charge in [-0.25, -0.2) is 0 Å². The van der Waals surface area contributed by atoms with Crippen molar-refractivity contribution in [2.24, 2.45) is 5.41 Å². The third kappa shape index (κ3) is 2.07. The predicted octanol–water partition coefficient (Wildman–Crippen LogP) is 3.54. The Kier molecular flexibility index (Phi) is 2.49. The smallest absolute Gasteiger partial charge is 0.388 e. The lowest BCUT2D eigenvalue weighted by Gasteiger charge is -2.19. The van der Waals surface area contributed by atoms with Crippen molar-refractivity contribution in [3.8, 4) is 0 Å². The van der Waals surface area contributed by atoms with Gasteiger partial charge in [-0.05, 0) is 36.0 Å². The van der Waals surface area contributed by atoms with E-state index >= 15 is 0 Å². The minimum absolute atomic E-state index is 0.232. The summed E-state index contributed by atoms with van der Waals surface area (Å²) in [6, 6.07) is 4.94. The van der Waals surface area contributed by atoms with Crippen molar-refractivity contribution < 1.29 is 18.3 Å². The van der Waals surface area contributed by atoms with Gasteiger partial charge in [0.1, 0.15) is 0 Å². The van der Waals surface area contributed by atoms with Crippen molar-refractivity contribution in [3.05, 3.63) is 35.4 Å². The van der Waals surface area contributed by atoms with Gasteiger partial charge in [-0.15, -0.1) is 0 Å². The lowest BCUT2D eigenvalue weighted by molar-refractivity contribution is -0.137. The Morgan fingerprint density at radius 2 is 1.94 bits per heavy atom. The van der Waals surface area contributed by atoms with Crippen LogP contribution in [0.5, 0.6) is 0 Å². The fourth-order valence-corrected chi connectivity index (χ4v) is 1.76. The van der Waals surface area contributed by atoms with Gasteiger partial charge in [0.15, 0.2) is 0 Å². The average molecular weight is 230 g/mol. The van der Waals surface area contributed by atoms with Crippen LogP contribution in [0.25, 0.3) is 0 Å². The Morgan fingerprint density at radius 1 is 1.31 bits per heavy atom. The lowest BCUT2D eigenvalue weighted by atomic mass is 9.94. The first-order valence-electron chi connectivity index (χ1n) is 5.18. The quantitative estimate of drug-likeness (QED) is 0.823. The topological polar surface area (TPSA) is 20.2 Å². The minimum atomic E-state index is -4.35. The fourth-order valence-electron chi connectivity index (χ4n) is 1.76. The van der Waals surface area contributed by atoms with Crippen LogP contribution in [0.2, 0.25) is 0 Å². The fraction of sp³-hybridized carbons (Fsp3) is 0.500. The van der Waals surface area contributed by atoms with Crippen LogP contribution >= 0.6 is 0 Å². The van der Waals surface area contributed by atoms with Crippen molar-refractivity contribution in [3.63, 3.8) is 0 Å².